The van der Waals surface area contributed by atoms with Gasteiger partial charge in [-0.05, 0) is 37.9 Å². The molecule has 8 nitrogen and oxygen atoms in total. The first-order valence-electron chi connectivity index (χ1n) is 9.55. The number of halogens is 3. The van der Waals surface area contributed by atoms with Crippen LogP contribution in [0.15, 0.2) is 24.3 Å². The summed E-state index contributed by atoms with van der Waals surface area (Å²) in [7, 11) is 0. The minimum absolute atomic E-state index is 0.0119. The second-order valence-corrected chi connectivity index (χ2v) is 6.62. The highest BCUT2D eigenvalue weighted by atomic mass is 19.4. The van der Waals surface area contributed by atoms with Gasteiger partial charge in [0.15, 0.2) is 17.2 Å². The third-order valence-electron chi connectivity index (χ3n) is 4.32. The number of nitrogens with one attached hydrogen (secondary N) is 1. The molecule has 0 aliphatic rings. The predicted octanol–water partition coefficient (Wildman–Crippen LogP) is 2.68. The molecule has 11 heteroatoms. The summed E-state index contributed by atoms with van der Waals surface area (Å²) in [5, 5.41) is 12.4. The summed E-state index contributed by atoms with van der Waals surface area (Å²) in [5.41, 5.74) is 10.6. The van der Waals surface area contributed by atoms with Crippen LogP contribution in [0.4, 0.5) is 24.9 Å². The summed E-state index contributed by atoms with van der Waals surface area (Å²) in [6.45, 7) is 2.24. The van der Waals surface area contributed by atoms with E-state index in [-0.39, 0.29) is 54.0 Å². The van der Waals surface area contributed by atoms with Gasteiger partial charge in [-0.1, -0.05) is 18.2 Å². The van der Waals surface area contributed by atoms with E-state index in [0.717, 1.165) is 12.1 Å². The Morgan fingerprint density at radius 1 is 1.35 bits per heavy atom. The summed E-state index contributed by atoms with van der Waals surface area (Å²) in [6, 6.07) is 5.65. The van der Waals surface area contributed by atoms with Crippen LogP contribution in [0.3, 0.4) is 0 Å². The van der Waals surface area contributed by atoms with Crippen molar-refractivity contribution in [1.82, 2.24) is 9.97 Å². The van der Waals surface area contributed by atoms with Crippen LogP contribution in [0, 0.1) is 11.3 Å². The van der Waals surface area contributed by atoms with Gasteiger partial charge in [-0.2, -0.15) is 28.4 Å². The molecule has 0 bridgehead atoms. The molecule has 0 saturated heterocycles. The van der Waals surface area contributed by atoms with E-state index in [1.807, 2.05) is 6.07 Å². The molecule has 2 rings (SSSR count). The molecule has 1 aromatic carbocycles. The number of rotatable bonds is 10. The number of hydrogen-bond acceptors (Lipinski definition) is 8. The maximum Gasteiger partial charge on any atom is 0.416 e. The number of carbonyl (C=O) groups excluding carboxylic acids is 1. The topological polar surface area (TPSA) is 140 Å². The molecule has 0 saturated carbocycles. The maximum atomic E-state index is 13.0. The summed E-state index contributed by atoms with van der Waals surface area (Å²) < 4.78 is 44.2. The number of carbonyl (C=O) groups is 1. The van der Waals surface area contributed by atoms with Gasteiger partial charge >= 0.3 is 6.18 Å². The van der Waals surface area contributed by atoms with Gasteiger partial charge in [0.2, 0.25) is 11.8 Å². The van der Waals surface area contributed by atoms with Crippen LogP contribution in [0.25, 0.3) is 0 Å². The lowest BCUT2D eigenvalue weighted by atomic mass is 9.98. The van der Waals surface area contributed by atoms with E-state index in [9.17, 15) is 23.2 Å². The molecule has 1 aromatic heterocycles. The van der Waals surface area contributed by atoms with E-state index in [4.69, 9.17) is 16.2 Å². The van der Waals surface area contributed by atoms with E-state index in [2.05, 4.69) is 15.3 Å². The number of nitrogen functional groups attached to an aromatic ring is 1. The lowest BCUT2D eigenvalue weighted by Crippen LogP contribution is -2.32. The minimum Gasteiger partial charge on any atom is -0.477 e. The van der Waals surface area contributed by atoms with Crippen molar-refractivity contribution < 1.29 is 22.7 Å². The predicted molar refractivity (Wildman–Crippen MR) is 108 cm³/mol. The van der Waals surface area contributed by atoms with Crippen molar-refractivity contribution in [2.75, 3.05) is 24.2 Å². The summed E-state index contributed by atoms with van der Waals surface area (Å²) in [6.07, 6.45) is -4.00. The standard InChI is InChI=1S/C20H23F3N6O2/c1-2-31-18-14(11-25)17(28-19(26)29-18)27-15(7-4-8-24)16(30)10-12-5-3-6-13(9-12)20(21,22)23/h3,5-6,9,15H,2,4,7-8,10,24H2,1H3,(H3,26,27,28,29)/t15-/m0/s1. The number of aromatic nitrogens is 2. The molecule has 0 spiro atoms. The molecule has 5 N–H and O–H groups in total. The summed E-state index contributed by atoms with van der Waals surface area (Å²) in [4.78, 5) is 20.8. The lowest BCUT2D eigenvalue weighted by Gasteiger charge is -2.20. The van der Waals surface area contributed by atoms with Gasteiger partial charge in [-0.15, -0.1) is 0 Å². The van der Waals surface area contributed by atoms with Gasteiger partial charge < -0.3 is 21.5 Å². The fourth-order valence-electron chi connectivity index (χ4n) is 2.89. The van der Waals surface area contributed by atoms with Crippen molar-refractivity contribution >= 4 is 17.5 Å². The maximum absolute atomic E-state index is 13.0. The van der Waals surface area contributed by atoms with Gasteiger partial charge in [0.05, 0.1) is 18.2 Å². The number of ether oxygens (including phenoxy) is 1. The molecule has 0 radical (unpaired) electrons. The number of anilines is 2. The second-order valence-electron chi connectivity index (χ2n) is 6.62. The number of nitrogens with two attached hydrogens (primary N) is 2. The normalized spacial score (nSPS) is 12.1. The number of nitriles is 1. The fraction of sp³-hybridized carbons (Fsp3) is 0.400. The van der Waals surface area contributed by atoms with Crippen LogP contribution in [0.1, 0.15) is 36.5 Å². The number of Topliss-reactive ketones (excluding diaryl/α,β-unsaturated/α-hetero) is 1. The van der Waals surface area contributed by atoms with Crippen LogP contribution in [0.2, 0.25) is 0 Å². The van der Waals surface area contributed by atoms with Gasteiger partial charge in [0.1, 0.15) is 6.07 Å². The average Bonchev–Trinajstić information content (AvgIpc) is 2.70. The number of nitrogens with zero attached hydrogens (tertiary/aromatic N) is 3. The molecule has 0 aliphatic heterocycles. The van der Waals surface area contributed by atoms with Crippen molar-refractivity contribution in [1.29, 1.82) is 5.26 Å². The van der Waals surface area contributed by atoms with Gasteiger partial charge in [0.25, 0.3) is 0 Å². The lowest BCUT2D eigenvalue weighted by molar-refractivity contribution is -0.137. The summed E-state index contributed by atoms with van der Waals surface area (Å²) in [5.74, 6) is -0.555. The van der Waals surface area contributed by atoms with Crippen molar-refractivity contribution in [3.63, 3.8) is 0 Å². The third-order valence-corrected chi connectivity index (χ3v) is 4.32. The van der Waals surface area contributed by atoms with E-state index >= 15 is 0 Å². The molecule has 31 heavy (non-hydrogen) atoms. The van der Waals surface area contributed by atoms with Crippen LogP contribution in [-0.2, 0) is 17.4 Å². The quantitative estimate of drug-likeness (QED) is 0.516. The van der Waals surface area contributed by atoms with Crippen LogP contribution >= 0.6 is 0 Å². The van der Waals surface area contributed by atoms with Gasteiger partial charge in [0, 0.05) is 6.42 Å². The second kappa shape index (κ2) is 10.6. The molecule has 1 heterocycles. The highest BCUT2D eigenvalue weighted by Gasteiger charge is 2.31. The number of benzene rings is 1. The zero-order chi connectivity index (χ0) is 23.0. The zero-order valence-electron chi connectivity index (χ0n) is 16.9. The smallest absolute Gasteiger partial charge is 0.416 e. The highest BCUT2D eigenvalue weighted by Crippen LogP contribution is 2.30. The Kier molecular flexibility index (Phi) is 8.15. The molecule has 0 amide bonds. The molecule has 1 atom stereocenters. The number of alkyl halides is 3. The third kappa shape index (κ3) is 6.55. The summed E-state index contributed by atoms with van der Waals surface area (Å²) >= 11 is 0. The van der Waals surface area contributed by atoms with Crippen LogP contribution in [-0.4, -0.2) is 34.9 Å². The Morgan fingerprint density at radius 2 is 2.10 bits per heavy atom. The van der Waals surface area contributed by atoms with E-state index in [0.29, 0.717) is 13.0 Å². The SMILES string of the molecule is CCOc1nc(N)nc(N[C@@H](CCCN)C(=O)Cc2cccc(C(F)(F)F)c2)c1C#N. The Hall–Kier alpha value is -3.39. The van der Waals surface area contributed by atoms with E-state index < -0.39 is 17.8 Å². The zero-order valence-corrected chi connectivity index (χ0v) is 16.9. The average molecular weight is 436 g/mol. The molecular weight excluding hydrogens is 413 g/mol. The molecule has 2 aromatic rings. The minimum atomic E-state index is -4.51. The monoisotopic (exact) mass is 436 g/mol. The molecule has 166 valence electrons. The van der Waals surface area contributed by atoms with E-state index in [1.54, 1.807) is 6.92 Å². The molecule has 0 unspecified atom stereocenters. The molecule has 0 aliphatic carbocycles. The van der Waals surface area contributed by atoms with Crippen molar-refractivity contribution in [3.05, 3.63) is 41.0 Å². The van der Waals surface area contributed by atoms with Crippen molar-refractivity contribution in [2.24, 2.45) is 5.73 Å². The van der Waals surface area contributed by atoms with Crippen LogP contribution in [0.5, 0.6) is 5.88 Å². The number of hydrogen-bond donors (Lipinski definition) is 3. The largest absolute Gasteiger partial charge is 0.477 e. The molecule has 0 fully saturated rings. The van der Waals surface area contributed by atoms with Gasteiger partial charge in [-0.3, -0.25) is 4.79 Å². The van der Waals surface area contributed by atoms with Crippen molar-refractivity contribution in [2.45, 2.75) is 38.4 Å². The Bertz CT molecular complexity index is 959. The Morgan fingerprint density at radius 3 is 2.71 bits per heavy atom. The molecular formula is C20H23F3N6O2. The highest BCUT2D eigenvalue weighted by molar-refractivity contribution is 5.88. The first-order chi connectivity index (χ1) is 14.7. The first kappa shape index (κ1) is 23.9. The van der Waals surface area contributed by atoms with Crippen LogP contribution < -0.4 is 21.5 Å². The first-order valence-corrected chi connectivity index (χ1v) is 9.55. The Labute approximate surface area is 177 Å². The fourth-order valence-corrected chi connectivity index (χ4v) is 2.89. The number of ketones is 1. The Balaban J connectivity index is 2.30. The van der Waals surface area contributed by atoms with E-state index in [1.165, 1.54) is 12.1 Å². The van der Waals surface area contributed by atoms with Crippen molar-refractivity contribution in [3.8, 4) is 11.9 Å². The van der Waals surface area contributed by atoms with Gasteiger partial charge in [-0.25, -0.2) is 0 Å².